The van der Waals surface area contributed by atoms with E-state index in [-0.39, 0.29) is 12.1 Å². The monoisotopic (exact) mass is 202 g/mol. The van der Waals surface area contributed by atoms with Crippen molar-refractivity contribution >= 4 is 6.03 Å². The van der Waals surface area contributed by atoms with Crippen molar-refractivity contribution in [2.75, 3.05) is 13.1 Å². The molecule has 0 heterocycles. The highest BCUT2D eigenvalue weighted by molar-refractivity contribution is 5.74. The molecule has 0 aliphatic rings. The molecular weight excluding hydrogens is 180 g/mol. The summed E-state index contributed by atoms with van der Waals surface area (Å²) >= 11 is 0. The van der Waals surface area contributed by atoms with Gasteiger partial charge in [-0.05, 0) is 34.6 Å². The van der Waals surface area contributed by atoms with Crippen LogP contribution in [-0.4, -0.2) is 40.8 Å². The first-order valence-corrected chi connectivity index (χ1v) is 5.04. The first-order chi connectivity index (χ1) is 6.26. The normalized spacial score (nSPS) is 11.6. The van der Waals surface area contributed by atoms with Gasteiger partial charge in [0.25, 0.3) is 0 Å². The fourth-order valence-electron chi connectivity index (χ4n) is 1.13. The summed E-state index contributed by atoms with van der Waals surface area (Å²) in [6.45, 7) is 10.1. The van der Waals surface area contributed by atoms with Crippen molar-refractivity contribution in [3.8, 4) is 0 Å². The third kappa shape index (κ3) is 5.80. The maximum absolute atomic E-state index is 11.6. The first-order valence-electron chi connectivity index (χ1n) is 5.04. The molecule has 0 aromatic heterocycles. The number of nitrogens with one attached hydrogen (secondary N) is 1. The van der Waals surface area contributed by atoms with Crippen LogP contribution < -0.4 is 5.32 Å². The molecule has 0 spiro atoms. The van der Waals surface area contributed by atoms with Crippen LogP contribution in [0.1, 0.15) is 34.6 Å². The van der Waals surface area contributed by atoms with Gasteiger partial charge >= 0.3 is 6.03 Å². The van der Waals surface area contributed by atoms with E-state index in [0.29, 0.717) is 13.1 Å². The van der Waals surface area contributed by atoms with Gasteiger partial charge in [0.2, 0.25) is 0 Å². The number of aliphatic hydroxyl groups is 1. The summed E-state index contributed by atoms with van der Waals surface area (Å²) in [7, 11) is 0. The van der Waals surface area contributed by atoms with E-state index in [1.807, 2.05) is 20.8 Å². The molecule has 0 aliphatic heterocycles. The quantitative estimate of drug-likeness (QED) is 0.719. The summed E-state index contributed by atoms with van der Waals surface area (Å²) < 4.78 is 0. The second-order valence-electron chi connectivity index (χ2n) is 4.43. The van der Waals surface area contributed by atoms with E-state index in [4.69, 9.17) is 0 Å². The number of likely N-dealkylation sites (N-methyl/N-ethyl adjacent to an activating group) is 1. The van der Waals surface area contributed by atoms with Crippen molar-refractivity contribution in [1.29, 1.82) is 0 Å². The van der Waals surface area contributed by atoms with E-state index in [9.17, 15) is 9.90 Å². The number of carbonyl (C=O) groups is 1. The molecular formula is C10H22N2O2. The van der Waals surface area contributed by atoms with E-state index >= 15 is 0 Å². The highest BCUT2D eigenvalue weighted by Crippen LogP contribution is 2.04. The lowest BCUT2D eigenvalue weighted by Gasteiger charge is -2.28. The molecule has 0 saturated heterocycles. The van der Waals surface area contributed by atoms with Crippen molar-refractivity contribution in [1.82, 2.24) is 10.2 Å². The molecule has 4 nitrogen and oxygen atoms in total. The van der Waals surface area contributed by atoms with Gasteiger partial charge in [-0.2, -0.15) is 0 Å². The highest BCUT2D eigenvalue weighted by atomic mass is 16.3. The number of nitrogens with zero attached hydrogens (tertiary/aromatic N) is 1. The molecule has 2 amide bonds. The summed E-state index contributed by atoms with van der Waals surface area (Å²) in [5, 5.41) is 12.4. The Morgan fingerprint density at radius 3 is 2.29 bits per heavy atom. The van der Waals surface area contributed by atoms with Gasteiger partial charge in [0.05, 0.1) is 12.1 Å². The summed E-state index contributed by atoms with van der Waals surface area (Å²) in [5.74, 6) is 0. The number of amides is 2. The fourth-order valence-corrected chi connectivity index (χ4v) is 1.13. The van der Waals surface area contributed by atoms with E-state index in [0.717, 1.165) is 0 Å². The first kappa shape index (κ1) is 13.2. The molecule has 0 aromatic rings. The molecule has 0 bridgehead atoms. The smallest absolute Gasteiger partial charge is 0.317 e. The van der Waals surface area contributed by atoms with Gasteiger partial charge < -0.3 is 15.3 Å². The lowest BCUT2D eigenvalue weighted by Crippen LogP contribution is -2.48. The van der Waals surface area contributed by atoms with Gasteiger partial charge in [0.15, 0.2) is 0 Å². The van der Waals surface area contributed by atoms with Crippen LogP contribution in [0, 0.1) is 0 Å². The van der Waals surface area contributed by atoms with Crippen LogP contribution in [0.25, 0.3) is 0 Å². The minimum atomic E-state index is -0.843. The third-order valence-electron chi connectivity index (χ3n) is 1.66. The Hall–Kier alpha value is -0.770. The predicted molar refractivity (Wildman–Crippen MR) is 57.2 cm³/mol. The van der Waals surface area contributed by atoms with Crippen LogP contribution in [0.15, 0.2) is 0 Å². The Labute approximate surface area is 86.3 Å². The maximum atomic E-state index is 11.6. The van der Waals surface area contributed by atoms with Crippen molar-refractivity contribution in [2.45, 2.75) is 46.3 Å². The molecule has 84 valence electrons. The topological polar surface area (TPSA) is 52.6 Å². The standard InChI is InChI=1S/C10H22N2O2/c1-6-12(7-10(4,5)14)9(13)11-8(2)3/h8,14H,6-7H2,1-5H3,(H,11,13). The zero-order valence-electron chi connectivity index (χ0n) is 9.79. The van der Waals surface area contributed by atoms with Gasteiger partial charge in [-0.1, -0.05) is 0 Å². The molecule has 4 heteroatoms. The minimum Gasteiger partial charge on any atom is -0.389 e. The molecule has 0 aromatic carbocycles. The van der Waals surface area contributed by atoms with Gasteiger partial charge in [-0.15, -0.1) is 0 Å². The maximum Gasteiger partial charge on any atom is 0.317 e. The molecule has 0 radical (unpaired) electrons. The average molecular weight is 202 g/mol. The van der Waals surface area contributed by atoms with Crippen LogP contribution in [0.4, 0.5) is 4.79 Å². The summed E-state index contributed by atoms with van der Waals surface area (Å²) in [6.07, 6.45) is 0. The Balaban J connectivity index is 4.20. The van der Waals surface area contributed by atoms with Crippen molar-refractivity contribution in [3.63, 3.8) is 0 Å². The Kier molecular flexibility index (Phi) is 4.91. The van der Waals surface area contributed by atoms with Gasteiger partial charge in [0, 0.05) is 12.6 Å². The summed E-state index contributed by atoms with van der Waals surface area (Å²) in [5.41, 5.74) is -0.843. The number of carbonyl (C=O) groups excluding carboxylic acids is 1. The SMILES string of the molecule is CCN(CC(C)(C)O)C(=O)NC(C)C. The fraction of sp³-hybridized carbons (Fsp3) is 0.900. The van der Waals surface area contributed by atoms with E-state index in [1.165, 1.54) is 0 Å². The van der Waals surface area contributed by atoms with Gasteiger partial charge in [-0.3, -0.25) is 0 Å². The Bertz CT molecular complexity index is 185. The summed E-state index contributed by atoms with van der Waals surface area (Å²) in [4.78, 5) is 13.2. The van der Waals surface area contributed by atoms with Crippen LogP contribution in [0.5, 0.6) is 0 Å². The molecule has 0 fully saturated rings. The summed E-state index contributed by atoms with van der Waals surface area (Å²) in [6, 6.07) is 0.00276. The second-order valence-corrected chi connectivity index (χ2v) is 4.43. The van der Waals surface area contributed by atoms with Crippen LogP contribution in [-0.2, 0) is 0 Å². The highest BCUT2D eigenvalue weighted by Gasteiger charge is 2.21. The van der Waals surface area contributed by atoms with E-state index in [2.05, 4.69) is 5.32 Å². The van der Waals surface area contributed by atoms with Crippen LogP contribution in [0.3, 0.4) is 0 Å². The molecule has 2 N–H and O–H groups in total. The Morgan fingerprint density at radius 1 is 1.50 bits per heavy atom. The van der Waals surface area contributed by atoms with Crippen molar-refractivity contribution in [2.24, 2.45) is 0 Å². The molecule has 0 aliphatic carbocycles. The zero-order valence-corrected chi connectivity index (χ0v) is 9.79. The third-order valence-corrected chi connectivity index (χ3v) is 1.66. The molecule has 0 atom stereocenters. The van der Waals surface area contributed by atoms with Gasteiger partial charge in [0.1, 0.15) is 0 Å². The Morgan fingerprint density at radius 2 is 2.00 bits per heavy atom. The number of hydrogen-bond acceptors (Lipinski definition) is 2. The van der Waals surface area contributed by atoms with Crippen LogP contribution in [0.2, 0.25) is 0 Å². The lowest BCUT2D eigenvalue weighted by molar-refractivity contribution is 0.0477. The minimum absolute atomic E-state index is 0.121. The number of urea groups is 1. The predicted octanol–water partition coefficient (Wildman–Crippen LogP) is 1.20. The lowest BCUT2D eigenvalue weighted by atomic mass is 10.1. The average Bonchev–Trinajstić information content (AvgIpc) is 1.96. The second kappa shape index (κ2) is 5.20. The molecule has 14 heavy (non-hydrogen) atoms. The van der Waals surface area contributed by atoms with E-state index in [1.54, 1.807) is 18.7 Å². The van der Waals surface area contributed by atoms with Crippen molar-refractivity contribution < 1.29 is 9.90 Å². The largest absolute Gasteiger partial charge is 0.389 e. The molecule has 0 saturated carbocycles. The molecule has 0 unspecified atom stereocenters. The number of rotatable bonds is 4. The van der Waals surface area contributed by atoms with Crippen LogP contribution >= 0.6 is 0 Å². The zero-order chi connectivity index (χ0) is 11.4. The number of hydrogen-bond donors (Lipinski definition) is 2. The van der Waals surface area contributed by atoms with Gasteiger partial charge in [-0.25, -0.2) is 4.79 Å². The molecule has 0 rings (SSSR count). The van der Waals surface area contributed by atoms with Crippen molar-refractivity contribution in [3.05, 3.63) is 0 Å². The van der Waals surface area contributed by atoms with E-state index < -0.39 is 5.60 Å².